The van der Waals surface area contributed by atoms with Crippen LogP contribution in [-0.2, 0) is 0 Å². The van der Waals surface area contributed by atoms with Crippen molar-refractivity contribution in [1.82, 2.24) is 0 Å². The molecule has 0 aromatic rings. The minimum atomic E-state index is -4.94. The van der Waals surface area contributed by atoms with E-state index < -0.39 is 30.7 Å². The Hall–Kier alpha value is 1.62. The van der Waals surface area contributed by atoms with Crippen LogP contribution in [0.3, 0.4) is 0 Å². The van der Waals surface area contributed by atoms with Gasteiger partial charge in [0.05, 0.1) is 0 Å². The van der Waals surface area contributed by atoms with E-state index >= 15 is 0 Å². The maximum atomic E-state index is 8.49. The Morgan fingerprint density at radius 2 is 0.312 bits per heavy atom. The molecule has 0 amide bonds. The molecule has 0 saturated heterocycles. The molecular formula is Cl3O12Tm. The smallest absolute Gasteiger partial charge is 0.222 e. The Morgan fingerprint density at radius 3 is 0.312 bits per heavy atom. The summed E-state index contributed by atoms with van der Waals surface area (Å²) in [5.41, 5.74) is 0. The standard InChI is InChI=1S/3ClHO4.Tm/c3*2-1(3,4)5;/h3*(H,2,3,4,5);/q;;;+3/p-3. The molecule has 0 aliphatic carbocycles. The van der Waals surface area contributed by atoms with Crippen molar-refractivity contribution in [2.75, 3.05) is 0 Å². The SMILES string of the molecule is [O-][Cl+3]([O-])([O-])[O-].[O-][Cl+3]([O-])([O-])[O-].[O-][Cl+3]([O-])([O-])[O-].[Tm+3]. The molecule has 16 heavy (non-hydrogen) atoms. The van der Waals surface area contributed by atoms with Gasteiger partial charge < -0.3 is 0 Å². The van der Waals surface area contributed by atoms with E-state index in [9.17, 15) is 0 Å². The third kappa shape index (κ3) is 1270. The molecule has 0 N–H and O–H groups in total. The summed E-state index contributed by atoms with van der Waals surface area (Å²) < 4.78 is 102. The van der Waals surface area contributed by atoms with Crippen molar-refractivity contribution in [2.24, 2.45) is 0 Å². The van der Waals surface area contributed by atoms with Crippen molar-refractivity contribution in [2.45, 2.75) is 0 Å². The molecule has 106 valence electrons. The summed E-state index contributed by atoms with van der Waals surface area (Å²) in [6.45, 7) is 0. The zero-order valence-corrected chi connectivity index (χ0v) is 10.4. The monoisotopic (exact) mass is 466 g/mol. The predicted molar refractivity (Wildman–Crippen MR) is 0 cm³/mol. The van der Waals surface area contributed by atoms with Gasteiger partial charge >= 0.3 is 36.9 Å². The molecule has 0 rings (SSSR count). The van der Waals surface area contributed by atoms with E-state index in [-0.39, 0.29) is 36.9 Å². The van der Waals surface area contributed by atoms with Crippen LogP contribution in [0, 0.1) is 67.6 Å². The van der Waals surface area contributed by atoms with Crippen LogP contribution in [-0.4, -0.2) is 0 Å². The largest absolute Gasteiger partial charge is 3.00 e. The van der Waals surface area contributed by atoms with Gasteiger partial charge in [0.25, 0.3) is 0 Å². The number of hydrogen-bond acceptors (Lipinski definition) is 12. The van der Waals surface area contributed by atoms with Gasteiger partial charge in [0.1, 0.15) is 0 Å². The first-order valence-electron chi connectivity index (χ1n) is 1.85. The molecule has 0 unspecified atom stereocenters. The molecule has 0 aromatic heterocycles. The Balaban J connectivity index is -0.0000000655. The minimum absolute atomic E-state index is 0. The van der Waals surface area contributed by atoms with E-state index in [1.807, 2.05) is 0 Å². The molecule has 0 aliphatic heterocycles. The Bertz CT molecular complexity index is 91.3. The van der Waals surface area contributed by atoms with Crippen molar-refractivity contribution >= 4 is 0 Å². The first-order chi connectivity index (χ1) is 6.00. The summed E-state index contributed by atoms with van der Waals surface area (Å²) in [5, 5.41) is 0. The zero-order chi connectivity index (χ0) is 13.5. The molecule has 0 aliphatic rings. The molecule has 12 nitrogen and oxygen atoms in total. The fourth-order valence-electron chi connectivity index (χ4n) is 0. The van der Waals surface area contributed by atoms with Crippen LogP contribution < -0.4 is 55.9 Å². The van der Waals surface area contributed by atoms with E-state index in [2.05, 4.69) is 0 Å². The van der Waals surface area contributed by atoms with Crippen molar-refractivity contribution < 1.29 is 124 Å². The minimum Gasteiger partial charge on any atom is -0.222 e. The van der Waals surface area contributed by atoms with Gasteiger partial charge in [-0.2, -0.15) is 0 Å². The van der Waals surface area contributed by atoms with Crippen LogP contribution in [0.5, 0.6) is 0 Å². The quantitative estimate of drug-likeness (QED) is 0.321. The van der Waals surface area contributed by atoms with Gasteiger partial charge in [0, 0.05) is 0 Å². The average molecular weight is 467 g/mol. The fraction of sp³-hybridized carbons (Fsp3) is 0. The second-order valence-corrected chi connectivity index (χ2v) is 3.40. The van der Waals surface area contributed by atoms with Gasteiger partial charge in [-0.25, -0.2) is 55.9 Å². The molecule has 0 aromatic carbocycles. The molecule has 0 spiro atoms. The van der Waals surface area contributed by atoms with Crippen LogP contribution in [0.15, 0.2) is 0 Å². The van der Waals surface area contributed by atoms with E-state index in [0.29, 0.717) is 0 Å². The number of halogens is 3. The Kier molecular flexibility index (Phi) is 17.3. The van der Waals surface area contributed by atoms with Gasteiger partial charge in [-0.3, -0.25) is 0 Å². The van der Waals surface area contributed by atoms with Crippen LogP contribution in [0.4, 0.5) is 0 Å². The second-order valence-electron chi connectivity index (χ2n) is 1.13. The molecular weight excluding hydrogens is 467 g/mol. The second kappa shape index (κ2) is 10.5. The van der Waals surface area contributed by atoms with Crippen molar-refractivity contribution in [3.8, 4) is 0 Å². The maximum absolute atomic E-state index is 8.49. The van der Waals surface area contributed by atoms with Crippen LogP contribution in [0.1, 0.15) is 0 Å². The zero-order valence-electron chi connectivity index (χ0n) is 6.31. The van der Waals surface area contributed by atoms with Gasteiger partial charge in [-0.15, -0.1) is 30.7 Å². The summed E-state index contributed by atoms with van der Waals surface area (Å²) in [7, 11) is -14.8. The number of rotatable bonds is 0. The van der Waals surface area contributed by atoms with Crippen molar-refractivity contribution in [3.63, 3.8) is 0 Å². The predicted octanol–water partition coefficient (Wildman–Crippen LogP) is -14.3. The molecule has 0 fully saturated rings. The summed E-state index contributed by atoms with van der Waals surface area (Å²) in [4.78, 5) is 0. The third-order valence-electron chi connectivity index (χ3n) is 0. The van der Waals surface area contributed by atoms with Gasteiger partial charge in [-0.1, -0.05) is 0 Å². The van der Waals surface area contributed by atoms with Crippen LogP contribution >= 0.6 is 0 Å². The van der Waals surface area contributed by atoms with Crippen LogP contribution in [0.2, 0.25) is 0 Å². The Labute approximate surface area is 123 Å². The van der Waals surface area contributed by atoms with E-state index in [0.717, 1.165) is 0 Å². The molecule has 0 saturated carbocycles. The van der Waals surface area contributed by atoms with Crippen LogP contribution in [0.25, 0.3) is 0 Å². The third-order valence-corrected chi connectivity index (χ3v) is 0. The van der Waals surface area contributed by atoms with Crippen molar-refractivity contribution in [1.29, 1.82) is 0 Å². The average Bonchev–Trinajstić information content (AvgIpc) is 1.41. The van der Waals surface area contributed by atoms with Gasteiger partial charge in [0.2, 0.25) is 0 Å². The van der Waals surface area contributed by atoms with Crippen molar-refractivity contribution in [3.05, 3.63) is 0 Å². The van der Waals surface area contributed by atoms with E-state index in [1.165, 1.54) is 0 Å². The first kappa shape index (κ1) is 26.2. The molecule has 16 heteroatoms. The van der Waals surface area contributed by atoms with Gasteiger partial charge in [0.15, 0.2) is 0 Å². The normalized spacial score (nSPS) is 11.2. The summed E-state index contributed by atoms with van der Waals surface area (Å²) >= 11 is 0. The summed E-state index contributed by atoms with van der Waals surface area (Å²) in [5.74, 6) is 0. The van der Waals surface area contributed by atoms with E-state index in [4.69, 9.17) is 55.9 Å². The topological polar surface area (TPSA) is 277 Å². The Morgan fingerprint density at radius 1 is 0.312 bits per heavy atom. The maximum Gasteiger partial charge on any atom is 3.00 e. The first-order valence-corrected chi connectivity index (χ1v) is 5.55. The fourth-order valence-corrected chi connectivity index (χ4v) is 0. The summed E-state index contributed by atoms with van der Waals surface area (Å²) in [6.07, 6.45) is 0. The molecule has 0 bridgehead atoms. The number of hydrogen-bond donors (Lipinski definition) is 0. The molecule has 0 atom stereocenters. The molecule has 0 radical (unpaired) electrons. The van der Waals surface area contributed by atoms with Gasteiger partial charge in [-0.05, 0) is 0 Å². The van der Waals surface area contributed by atoms with E-state index in [1.54, 1.807) is 0 Å². The molecule has 0 heterocycles. The summed E-state index contributed by atoms with van der Waals surface area (Å²) in [6, 6.07) is 0.